The second-order valence-electron chi connectivity index (χ2n) is 3.16. The number of nitrogens with two attached hydrogens (primary N) is 1. The van der Waals surface area contributed by atoms with Gasteiger partial charge in [0.25, 0.3) is 0 Å². The molecule has 0 aromatic carbocycles. The van der Waals surface area contributed by atoms with Crippen molar-refractivity contribution in [2.75, 3.05) is 6.54 Å². The van der Waals surface area contributed by atoms with Gasteiger partial charge in [0.05, 0.1) is 18.4 Å². The lowest BCUT2D eigenvalue weighted by Gasteiger charge is -2.09. The Morgan fingerprint density at radius 1 is 1.54 bits per heavy atom. The average molecular weight is 184 g/mol. The molecule has 1 rings (SSSR count). The van der Waals surface area contributed by atoms with Crippen LogP contribution in [0.15, 0.2) is 4.52 Å². The Kier molecular flexibility index (Phi) is 3.45. The molecule has 0 bridgehead atoms. The van der Waals surface area contributed by atoms with Crippen LogP contribution in [0.2, 0.25) is 0 Å². The minimum atomic E-state index is 0.0775. The quantitative estimate of drug-likeness (QED) is 0.762. The number of aromatic nitrogens is 1. The lowest BCUT2D eigenvalue weighted by Crippen LogP contribution is -2.19. The standard InChI is InChI=1S/C9H16N2O2/c1-6(4-10)12-5-9-7(2)11-13-8(9)3/h6H,4-5,10H2,1-3H3. The summed E-state index contributed by atoms with van der Waals surface area (Å²) in [5, 5.41) is 3.83. The first-order valence-corrected chi connectivity index (χ1v) is 4.38. The third kappa shape index (κ3) is 2.54. The third-order valence-electron chi connectivity index (χ3n) is 2.03. The Hall–Kier alpha value is -0.870. The van der Waals surface area contributed by atoms with Crippen LogP contribution in [0, 0.1) is 13.8 Å². The molecule has 0 saturated heterocycles. The van der Waals surface area contributed by atoms with Crippen molar-refractivity contribution in [2.45, 2.75) is 33.5 Å². The highest BCUT2D eigenvalue weighted by Crippen LogP contribution is 2.13. The largest absolute Gasteiger partial charge is 0.372 e. The van der Waals surface area contributed by atoms with Crippen molar-refractivity contribution in [2.24, 2.45) is 5.73 Å². The molecule has 4 heteroatoms. The van der Waals surface area contributed by atoms with Gasteiger partial charge in [-0.05, 0) is 20.8 Å². The predicted molar refractivity (Wildman–Crippen MR) is 49.3 cm³/mol. The Balaban J connectivity index is 2.53. The smallest absolute Gasteiger partial charge is 0.139 e. The number of hydrogen-bond donors (Lipinski definition) is 1. The summed E-state index contributed by atoms with van der Waals surface area (Å²) in [4.78, 5) is 0. The molecule has 0 spiro atoms. The molecule has 2 N–H and O–H groups in total. The van der Waals surface area contributed by atoms with Gasteiger partial charge in [0, 0.05) is 12.1 Å². The molecule has 1 aromatic heterocycles. The number of hydrogen-bond acceptors (Lipinski definition) is 4. The number of rotatable bonds is 4. The van der Waals surface area contributed by atoms with E-state index >= 15 is 0 Å². The third-order valence-corrected chi connectivity index (χ3v) is 2.03. The van der Waals surface area contributed by atoms with E-state index in [-0.39, 0.29) is 6.10 Å². The number of ether oxygens (including phenoxy) is 1. The van der Waals surface area contributed by atoms with E-state index in [4.69, 9.17) is 15.0 Å². The zero-order valence-corrected chi connectivity index (χ0v) is 8.33. The maximum absolute atomic E-state index is 5.47. The van der Waals surface area contributed by atoms with Gasteiger partial charge >= 0.3 is 0 Å². The molecular weight excluding hydrogens is 168 g/mol. The van der Waals surface area contributed by atoms with Crippen molar-refractivity contribution >= 4 is 0 Å². The van der Waals surface area contributed by atoms with E-state index in [1.807, 2.05) is 20.8 Å². The Bertz CT molecular complexity index is 251. The summed E-state index contributed by atoms with van der Waals surface area (Å²) in [6.45, 7) is 6.79. The van der Waals surface area contributed by atoms with Crippen LogP contribution >= 0.6 is 0 Å². The molecule has 0 aliphatic heterocycles. The van der Waals surface area contributed by atoms with Crippen LogP contribution in [-0.2, 0) is 11.3 Å². The van der Waals surface area contributed by atoms with Crippen molar-refractivity contribution in [1.29, 1.82) is 0 Å². The fourth-order valence-corrected chi connectivity index (χ4v) is 1.00. The van der Waals surface area contributed by atoms with Gasteiger partial charge in [0.2, 0.25) is 0 Å². The van der Waals surface area contributed by atoms with Crippen LogP contribution in [0.5, 0.6) is 0 Å². The van der Waals surface area contributed by atoms with Crippen molar-refractivity contribution in [3.63, 3.8) is 0 Å². The highest BCUT2D eigenvalue weighted by atomic mass is 16.5. The van der Waals surface area contributed by atoms with Crippen LogP contribution in [0.4, 0.5) is 0 Å². The van der Waals surface area contributed by atoms with Crippen molar-refractivity contribution in [3.05, 3.63) is 17.0 Å². The van der Waals surface area contributed by atoms with Crippen LogP contribution in [0.3, 0.4) is 0 Å². The van der Waals surface area contributed by atoms with Gasteiger partial charge in [-0.3, -0.25) is 0 Å². The molecule has 1 atom stereocenters. The summed E-state index contributed by atoms with van der Waals surface area (Å²) < 4.78 is 10.5. The Labute approximate surface area is 78.0 Å². The lowest BCUT2D eigenvalue weighted by molar-refractivity contribution is 0.0580. The lowest BCUT2D eigenvalue weighted by atomic mass is 10.2. The molecule has 0 saturated carbocycles. The number of nitrogens with zero attached hydrogens (tertiary/aromatic N) is 1. The molecule has 4 nitrogen and oxygen atoms in total. The van der Waals surface area contributed by atoms with Crippen molar-refractivity contribution in [1.82, 2.24) is 5.16 Å². The van der Waals surface area contributed by atoms with Gasteiger partial charge in [-0.15, -0.1) is 0 Å². The van der Waals surface area contributed by atoms with Gasteiger partial charge in [-0.25, -0.2) is 0 Å². The minimum absolute atomic E-state index is 0.0775. The molecule has 1 unspecified atom stereocenters. The first kappa shape index (κ1) is 10.2. The first-order valence-electron chi connectivity index (χ1n) is 4.38. The van der Waals surface area contributed by atoms with E-state index in [1.165, 1.54) is 0 Å². The summed E-state index contributed by atoms with van der Waals surface area (Å²) >= 11 is 0. The second-order valence-corrected chi connectivity index (χ2v) is 3.16. The summed E-state index contributed by atoms with van der Waals surface area (Å²) in [6.07, 6.45) is 0.0775. The van der Waals surface area contributed by atoms with Crippen LogP contribution in [0.25, 0.3) is 0 Å². The predicted octanol–water partition coefficient (Wildman–Crippen LogP) is 1.16. The Morgan fingerprint density at radius 3 is 2.69 bits per heavy atom. The van der Waals surface area contributed by atoms with Gasteiger partial charge in [0.15, 0.2) is 0 Å². The average Bonchev–Trinajstić information content (AvgIpc) is 2.43. The fraction of sp³-hybridized carbons (Fsp3) is 0.667. The Morgan fingerprint density at radius 2 is 2.23 bits per heavy atom. The minimum Gasteiger partial charge on any atom is -0.372 e. The summed E-state index contributed by atoms with van der Waals surface area (Å²) in [6, 6.07) is 0. The zero-order valence-electron chi connectivity index (χ0n) is 8.33. The van der Waals surface area contributed by atoms with E-state index in [9.17, 15) is 0 Å². The molecule has 0 radical (unpaired) electrons. The highest BCUT2D eigenvalue weighted by Gasteiger charge is 2.09. The maximum atomic E-state index is 5.47. The zero-order chi connectivity index (χ0) is 9.84. The molecule has 74 valence electrons. The second kappa shape index (κ2) is 4.39. The monoisotopic (exact) mass is 184 g/mol. The van der Waals surface area contributed by atoms with Crippen molar-refractivity contribution < 1.29 is 9.26 Å². The van der Waals surface area contributed by atoms with E-state index in [1.54, 1.807) is 0 Å². The van der Waals surface area contributed by atoms with Crippen LogP contribution < -0.4 is 5.73 Å². The molecule has 0 aliphatic carbocycles. The molecule has 0 fully saturated rings. The molecule has 0 amide bonds. The molecule has 1 aromatic rings. The number of aryl methyl sites for hydroxylation is 2. The van der Waals surface area contributed by atoms with Gasteiger partial charge in [-0.1, -0.05) is 5.16 Å². The maximum Gasteiger partial charge on any atom is 0.139 e. The molecular formula is C9H16N2O2. The van der Waals surface area contributed by atoms with E-state index < -0.39 is 0 Å². The van der Waals surface area contributed by atoms with E-state index in [2.05, 4.69) is 5.16 Å². The van der Waals surface area contributed by atoms with Crippen LogP contribution in [-0.4, -0.2) is 17.8 Å². The van der Waals surface area contributed by atoms with Gasteiger partial charge in [-0.2, -0.15) is 0 Å². The van der Waals surface area contributed by atoms with Gasteiger partial charge < -0.3 is 15.0 Å². The molecule has 0 aliphatic rings. The normalized spacial score (nSPS) is 13.2. The molecule has 1 heterocycles. The SMILES string of the molecule is Cc1noc(C)c1COC(C)CN. The van der Waals surface area contributed by atoms with Crippen molar-refractivity contribution in [3.8, 4) is 0 Å². The first-order chi connectivity index (χ1) is 6.15. The van der Waals surface area contributed by atoms with E-state index in [0.717, 1.165) is 17.0 Å². The summed E-state index contributed by atoms with van der Waals surface area (Å²) in [5.41, 5.74) is 7.34. The van der Waals surface area contributed by atoms with E-state index in [0.29, 0.717) is 13.2 Å². The highest BCUT2D eigenvalue weighted by molar-refractivity contribution is 5.19. The van der Waals surface area contributed by atoms with Gasteiger partial charge in [0.1, 0.15) is 5.76 Å². The fourth-order valence-electron chi connectivity index (χ4n) is 1.00. The topological polar surface area (TPSA) is 61.3 Å². The van der Waals surface area contributed by atoms with Crippen LogP contribution in [0.1, 0.15) is 23.9 Å². The summed E-state index contributed by atoms with van der Waals surface area (Å²) in [7, 11) is 0. The molecule has 13 heavy (non-hydrogen) atoms. The summed E-state index contributed by atoms with van der Waals surface area (Å²) in [5.74, 6) is 0.821.